The summed E-state index contributed by atoms with van der Waals surface area (Å²) in [6.07, 6.45) is -3.26. The summed E-state index contributed by atoms with van der Waals surface area (Å²) in [5.74, 6) is 0. The van der Waals surface area contributed by atoms with Crippen molar-refractivity contribution in [3.63, 3.8) is 0 Å². The summed E-state index contributed by atoms with van der Waals surface area (Å²) in [6.45, 7) is 0.351. The van der Waals surface area contributed by atoms with E-state index in [4.69, 9.17) is 0 Å². The SMILES string of the molecule is O=[N+]([O-])c1cccc(CNc2cccc(-c3[c]cnc4c(C(F)(F)F)cccc34)c2)c1. The first-order valence-corrected chi connectivity index (χ1v) is 9.27. The number of nitro benzene ring substituents is 1. The average Bonchev–Trinajstić information content (AvgIpc) is 2.76. The maximum atomic E-state index is 13.4. The highest BCUT2D eigenvalue weighted by atomic mass is 19.4. The highest BCUT2D eigenvalue weighted by Crippen LogP contribution is 2.37. The quantitative estimate of drug-likeness (QED) is 0.305. The van der Waals surface area contributed by atoms with Gasteiger partial charge in [-0.2, -0.15) is 13.2 Å². The molecule has 0 unspecified atom stereocenters. The van der Waals surface area contributed by atoms with Crippen molar-refractivity contribution in [1.82, 2.24) is 4.98 Å². The van der Waals surface area contributed by atoms with E-state index < -0.39 is 16.7 Å². The van der Waals surface area contributed by atoms with Gasteiger partial charge in [-0.05, 0) is 29.3 Å². The molecule has 0 bridgehead atoms. The number of alkyl halides is 3. The summed E-state index contributed by atoms with van der Waals surface area (Å²) in [4.78, 5) is 14.4. The molecule has 0 aliphatic carbocycles. The Morgan fingerprint density at radius 2 is 1.81 bits per heavy atom. The van der Waals surface area contributed by atoms with Crippen LogP contribution in [0.15, 0.2) is 72.9 Å². The van der Waals surface area contributed by atoms with Gasteiger partial charge in [0.25, 0.3) is 5.69 Å². The maximum absolute atomic E-state index is 13.4. The number of fused-ring (bicyclic) bond motifs is 1. The van der Waals surface area contributed by atoms with Crippen LogP contribution in [0.2, 0.25) is 0 Å². The number of hydrogen-bond acceptors (Lipinski definition) is 4. The van der Waals surface area contributed by atoms with Crippen molar-refractivity contribution in [2.75, 3.05) is 5.32 Å². The number of benzene rings is 3. The Morgan fingerprint density at radius 1 is 1.03 bits per heavy atom. The number of para-hydroxylation sites is 1. The van der Waals surface area contributed by atoms with Gasteiger partial charge in [0.15, 0.2) is 0 Å². The first-order chi connectivity index (χ1) is 14.8. The molecule has 8 heteroatoms. The summed E-state index contributed by atoms with van der Waals surface area (Å²) in [5, 5.41) is 14.5. The van der Waals surface area contributed by atoms with Crippen LogP contribution in [0.25, 0.3) is 22.0 Å². The predicted octanol–water partition coefficient (Wildman–Crippen LogP) is 6.24. The van der Waals surface area contributed by atoms with E-state index in [2.05, 4.69) is 16.4 Å². The predicted molar refractivity (Wildman–Crippen MR) is 111 cm³/mol. The van der Waals surface area contributed by atoms with Crippen LogP contribution < -0.4 is 5.32 Å². The number of halogens is 3. The van der Waals surface area contributed by atoms with Crippen LogP contribution in [0, 0.1) is 16.2 Å². The zero-order valence-electron chi connectivity index (χ0n) is 16.0. The first kappa shape index (κ1) is 20.3. The molecule has 4 aromatic rings. The monoisotopic (exact) mass is 422 g/mol. The van der Waals surface area contributed by atoms with E-state index in [1.807, 2.05) is 6.07 Å². The average molecular weight is 422 g/mol. The van der Waals surface area contributed by atoms with Gasteiger partial charge in [-0.1, -0.05) is 36.4 Å². The number of nitrogens with one attached hydrogen (secondary N) is 1. The minimum atomic E-state index is -4.51. The third kappa shape index (κ3) is 4.32. The van der Waals surface area contributed by atoms with Gasteiger partial charge in [0, 0.05) is 47.6 Å². The molecule has 1 radical (unpaired) electrons. The molecule has 0 saturated carbocycles. The molecule has 0 saturated heterocycles. The van der Waals surface area contributed by atoms with Crippen LogP contribution in [0.1, 0.15) is 11.1 Å². The van der Waals surface area contributed by atoms with E-state index >= 15 is 0 Å². The van der Waals surface area contributed by atoms with Gasteiger partial charge in [-0.25, -0.2) is 0 Å². The Balaban J connectivity index is 1.65. The fraction of sp³-hybridized carbons (Fsp3) is 0.0870. The summed E-state index contributed by atoms with van der Waals surface area (Å²) < 4.78 is 40.1. The maximum Gasteiger partial charge on any atom is 0.418 e. The van der Waals surface area contributed by atoms with Crippen molar-refractivity contribution in [3.8, 4) is 11.1 Å². The Hall–Kier alpha value is -3.94. The fourth-order valence-electron chi connectivity index (χ4n) is 3.36. The van der Waals surface area contributed by atoms with Gasteiger partial charge in [0.2, 0.25) is 0 Å². The Kier molecular flexibility index (Phi) is 5.29. The second-order valence-corrected chi connectivity index (χ2v) is 6.84. The van der Waals surface area contributed by atoms with E-state index in [1.165, 1.54) is 24.4 Å². The number of anilines is 1. The van der Waals surface area contributed by atoms with Crippen molar-refractivity contribution >= 4 is 22.3 Å². The minimum absolute atomic E-state index is 0.00590. The lowest BCUT2D eigenvalue weighted by molar-refractivity contribution is -0.384. The summed E-state index contributed by atoms with van der Waals surface area (Å²) in [5.41, 5.74) is 1.72. The topological polar surface area (TPSA) is 68.1 Å². The van der Waals surface area contributed by atoms with Crippen LogP contribution in [0.5, 0.6) is 0 Å². The zero-order valence-corrected chi connectivity index (χ0v) is 16.0. The smallest absolute Gasteiger partial charge is 0.381 e. The van der Waals surface area contributed by atoms with Crippen LogP contribution in [-0.2, 0) is 12.7 Å². The standard InChI is InChI=1S/C23H15F3N3O2/c24-23(25,26)21-9-3-8-20-19(10-11-27-22(20)21)16-5-2-6-17(13-16)28-14-15-4-1-7-18(12-15)29(30)31/h1-9,11-13,28H,14H2. The summed E-state index contributed by atoms with van der Waals surface area (Å²) in [7, 11) is 0. The molecule has 1 N–H and O–H groups in total. The van der Waals surface area contributed by atoms with E-state index in [0.717, 1.165) is 11.6 Å². The molecule has 1 aromatic heterocycles. The summed E-state index contributed by atoms with van der Waals surface area (Å²) in [6, 6.07) is 20.4. The molecule has 3 aromatic carbocycles. The highest BCUT2D eigenvalue weighted by Gasteiger charge is 2.33. The van der Waals surface area contributed by atoms with Crippen molar-refractivity contribution < 1.29 is 18.1 Å². The second-order valence-electron chi connectivity index (χ2n) is 6.84. The molecule has 5 nitrogen and oxygen atoms in total. The van der Waals surface area contributed by atoms with Crippen LogP contribution in [-0.4, -0.2) is 9.91 Å². The number of nitrogens with zero attached hydrogens (tertiary/aromatic N) is 2. The number of aromatic nitrogens is 1. The van der Waals surface area contributed by atoms with Crippen molar-refractivity contribution in [2.45, 2.75) is 12.7 Å². The van der Waals surface area contributed by atoms with Gasteiger partial charge < -0.3 is 5.32 Å². The van der Waals surface area contributed by atoms with Gasteiger partial charge in [-0.3, -0.25) is 15.1 Å². The van der Waals surface area contributed by atoms with Crippen LogP contribution >= 0.6 is 0 Å². The molecule has 31 heavy (non-hydrogen) atoms. The molecule has 1 heterocycles. The molecule has 155 valence electrons. The van der Waals surface area contributed by atoms with E-state index in [9.17, 15) is 23.3 Å². The zero-order chi connectivity index (χ0) is 22.0. The van der Waals surface area contributed by atoms with Gasteiger partial charge in [0.05, 0.1) is 16.0 Å². The normalized spacial score (nSPS) is 11.5. The largest absolute Gasteiger partial charge is 0.418 e. The van der Waals surface area contributed by atoms with Crippen molar-refractivity contribution in [2.24, 2.45) is 0 Å². The lowest BCUT2D eigenvalue weighted by Gasteiger charge is -2.13. The fourth-order valence-corrected chi connectivity index (χ4v) is 3.36. The highest BCUT2D eigenvalue weighted by molar-refractivity contribution is 5.96. The Labute approximate surface area is 175 Å². The molecule has 4 rings (SSSR count). The number of rotatable bonds is 5. The van der Waals surface area contributed by atoms with Gasteiger partial charge in [-0.15, -0.1) is 0 Å². The number of pyridine rings is 1. The minimum Gasteiger partial charge on any atom is -0.381 e. The lowest BCUT2D eigenvalue weighted by atomic mass is 9.99. The molecular weight excluding hydrogens is 407 g/mol. The Morgan fingerprint density at radius 3 is 2.58 bits per heavy atom. The molecular formula is C23H15F3N3O2. The number of hydrogen-bond donors (Lipinski definition) is 1. The first-order valence-electron chi connectivity index (χ1n) is 9.27. The third-order valence-electron chi connectivity index (χ3n) is 4.78. The third-order valence-corrected chi connectivity index (χ3v) is 4.78. The lowest BCUT2D eigenvalue weighted by Crippen LogP contribution is -2.06. The summed E-state index contributed by atoms with van der Waals surface area (Å²) >= 11 is 0. The van der Waals surface area contributed by atoms with Gasteiger partial charge >= 0.3 is 6.18 Å². The van der Waals surface area contributed by atoms with Crippen LogP contribution in [0.4, 0.5) is 24.5 Å². The van der Waals surface area contributed by atoms with E-state index in [-0.39, 0.29) is 11.2 Å². The van der Waals surface area contributed by atoms with Crippen molar-refractivity contribution in [3.05, 3.63) is 100 Å². The second kappa shape index (κ2) is 8.06. The molecule has 0 aliphatic heterocycles. The number of nitro groups is 1. The molecule has 0 aliphatic rings. The molecule has 0 fully saturated rings. The van der Waals surface area contributed by atoms with Gasteiger partial charge in [0.1, 0.15) is 0 Å². The van der Waals surface area contributed by atoms with Crippen LogP contribution in [0.3, 0.4) is 0 Å². The molecule has 0 amide bonds. The Bertz CT molecular complexity index is 1270. The van der Waals surface area contributed by atoms with Crippen molar-refractivity contribution in [1.29, 1.82) is 0 Å². The van der Waals surface area contributed by atoms with E-state index in [1.54, 1.807) is 36.4 Å². The number of non-ortho nitro benzene ring substituents is 1. The van der Waals surface area contributed by atoms with E-state index in [0.29, 0.717) is 28.7 Å². The molecule has 0 atom stereocenters. The molecule has 0 spiro atoms.